The zero-order chi connectivity index (χ0) is 13.8. The van der Waals surface area contributed by atoms with E-state index in [0.29, 0.717) is 6.10 Å². The molecular weight excluding hydrogens is 238 g/mol. The maximum atomic E-state index is 7.46. The highest BCUT2D eigenvalue weighted by Gasteiger charge is 2.15. The van der Waals surface area contributed by atoms with Gasteiger partial charge in [-0.15, -0.1) is 0 Å². The molecule has 0 aromatic heterocycles. The summed E-state index contributed by atoms with van der Waals surface area (Å²) in [5.41, 5.74) is 8.82. The molecule has 0 spiro atoms. The van der Waals surface area contributed by atoms with E-state index in [4.69, 9.17) is 15.9 Å². The smallest absolute Gasteiger partial charge is 0.122 e. The van der Waals surface area contributed by atoms with Crippen molar-refractivity contribution in [2.75, 3.05) is 19.7 Å². The van der Waals surface area contributed by atoms with Crippen molar-refractivity contribution in [1.29, 1.82) is 5.41 Å². The van der Waals surface area contributed by atoms with E-state index in [-0.39, 0.29) is 5.84 Å². The van der Waals surface area contributed by atoms with Gasteiger partial charge in [-0.2, -0.15) is 0 Å². The molecule has 3 N–H and O–H groups in total. The van der Waals surface area contributed by atoms with Gasteiger partial charge in [-0.05, 0) is 37.5 Å². The summed E-state index contributed by atoms with van der Waals surface area (Å²) >= 11 is 0. The first-order valence-corrected chi connectivity index (χ1v) is 6.84. The number of nitrogens with two attached hydrogens (primary N) is 1. The van der Waals surface area contributed by atoms with Gasteiger partial charge in [-0.25, -0.2) is 0 Å². The van der Waals surface area contributed by atoms with Gasteiger partial charge in [-0.1, -0.05) is 12.1 Å². The summed E-state index contributed by atoms with van der Waals surface area (Å²) < 4.78 is 5.67. The Kier molecular flexibility index (Phi) is 4.56. The SMILES string of the molecule is Cc1cc(C(=N)N)ccc1CN1CCCOC(C)C1. The van der Waals surface area contributed by atoms with Crippen molar-refractivity contribution in [1.82, 2.24) is 4.90 Å². The molecule has 19 heavy (non-hydrogen) atoms. The number of hydrogen-bond donors (Lipinski definition) is 2. The highest BCUT2D eigenvalue weighted by atomic mass is 16.5. The zero-order valence-corrected chi connectivity index (χ0v) is 11.8. The van der Waals surface area contributed by atoms with Crippen LogP contribution in [0.25, 0.3) is 0 Å². The van der Waals surface area contributed by atoms with Crippen LogP contribution in [0.2, 0.25) is 0 Å². The predicted molar refractivity (Wildman–Crippen MR) is 77.5 cm³/mol. The molecule has 1 fully saturated rings. The Morgan fingerprint density at radius 3 is 3.00 bits per heavy atom. The van der Waals surface area contributed by atoms with E-state index >= 15 is 0 Å². The number of nitrogen functional groups attached to an aromatic ring is 1. The van der Waals surface area contributed by atoms with Crippen LogP contribution in [0, 0.1) is 12.3 Å². The summed E-state index contributed by atoms with van der Waals surface area (Å²) in [6.07, 6.45) is 1.40. The summed E-state index contributed by atoms with van der Waals surface area (Å²) in [6, 6.07) is 6.01. The van der Waals surface area contributed by atoms with Gasteiger partial charge >= 0.3 is 0 Å². The number of hydrogen-bond acceptors (Lipinski definition) is 3. The van der Waals surface area contributed by atoms with Crippen LogP contribution in [0.15, 0.2) is 18.2 Å². The molecule has 1 aromatic carbocycles. The van der Waals surface area contributed by atoms with Crippen LogP contribution >= 0.6 is 0 Å². The second-order valence-corrected chi connectivity index (χ2v) is 5.33. The molecule has 4 nitrogen and oxygen atoms in total. The summed E-state index contributed by atoms with van der Waals surface area (Å²) in [6.45, 7) is 8.08. The van der Waals surface area contributed by atoms with Crippen molar-refractivity contribution in [2.45, 2.75) is 32.9 Å². The van der Waals surface area contributed by atoms with Crippen LogP contribution in [0.3, 0.4) is 0 Å². The molecule has 0 amide bonds. The van der Waals surface area contributed by atoms with E-state index in [9.17, 15) is 0 Å². The topological polar surface area (TPSA) is 62.3 Å². The maximum absolute atomic E-state index is 7.46. The Morgan fingerprint density at radius 2 is 2.32 bits per heavy atom. The van der Waals surface area contributed by atoms with Crippen molar-refractivity contribution >= 4 is 5.84 Å². The summed E-state index contributed by atoms with van der Waals surface area (Å²) in [5.74, 6) is 0.131. The number of nitrogens with zero attached hydrogens (tertiary/aromatic N) is 1. The lowest BCUT2D eigenvalue weighted by Crippen LogP contribution is -2.30. The lowest BCUT2D eigenvalue weighted by molar-refractivity contribution is 0.0668. The van der Waals surface area contributed by atoms with Crippen molar-refractivity contribution < 1.29 is 4.74 Å². The van der Waals surface area contributed by atoms with Gasteiger partial charge < -0.3 is 10.5 Å². The average Bonchev–Trinajstić information content (AvgIpc) is 2.56. The minimum Gasteiger partial charge on any atom is -0.384 e. The average molecular weight is 261 g/mol. The van der Waals surface area contributed by atoms with E-state index in [1.807, 2.05) is 12.1 Å². The third-order valence-corrected chi connectivity index (χ3v) is 3.58. The van der Waals surface area contributed by atoms with Gasteiger partial charge in [0.2, 0.25) is 0 Å². The maximum Gasteiger partial charge on any atom is 0.122 e. The van der Waals surface area contributed by atoms with Crippen LogP contribution < -0.4 is 5.73 Å². The van der Waals surface area contributed by atoms with E-state index in [1.54, 1.807) is 0 Å². The van der Waals surface area contributed by atoms with Gasteiger partial charge in [0.1, 0.15) is 5.84 Å². The van der Waals surface area contributed by atoms with Crippen LogP contribution in [0.5, 0.6) is 0 Å². The molecule has 1 aliphatic heterocycles. The summed E-state index contributed by atoms with van der Waals surface area (Å²) in [4.78, 5) is 2.44. The Labute approximate surface area is 115 Å². The monoisotopic (exact) mass is 261 g/mol. The molecule has 1 saturated heterocycles. The number of benzene rings is 1. The molecule has 1 atom stereocenters. The van der Waals surface area contributed by atoms with Gasteiger partial charge in [0, 0.05) is 31.8 Å². The zero-order valence-electron chi connectivity index (χ0n) is 11.8. The minimum absolute atomic E-state index is 0.131. The van der Waals surface area contributed by atoms with E-state index < -0.39 is 0 Å². The lowest BCUT2D eigenvalue weighted by atomic mass is 10.0. The fourth-order valence-electron chi connectivity index (χ4n) is 2.51. The standard InChI is InChI=1S/C15H23N3O/c1-11-8-13(15(16)17)4-5-14(11)10-18-6-3-7-19-12(2)9-18/h4-5,8,12H,3,6-7,9-10H2,1-2H3,(H3,16,17). The highest BCUT2D eigenvalue weighted by molar-refractivity contribution is 5.95. The molecule has 1 unspecified atom stereocenters. The fraction of sp³-hybridized carbons (Fsp3) is 0.533. The molecule has 1 heterocycles. The molecule has 0 saturated carbocycles. The largest absolute Gasteiger partial charge is 0.384 e. The second kappa shape index (κ2) is 6.17. The third kappa shape index (κ3) is 3.78. The molecule has 2 rings (SSSR count). The van der Waals surface area contributed by atoms with Crippen LogP contribution in [-0.2, 0) is 11.3 Å². The molecule has 0 radical (unpaired) electrons. The Hall–Kier alpha value is -1.39. The first kappa shape index (κ1) is 14.0. The van der Waals surface area contributed by atoms with Crippen molar-refractivity contribution in [2.24, 2.45) is 5.73 Å². The first-order valence-electron chi connectivity index (χ1n) is 6.84. The number of aryl methyl sites for hydroxylation is 1. The normalized spacial score (nSPS) is 21.1. The lowest BCUT2D eigenvalue weighted by Gasteiger charge is -2.22. The van der Waals surface area contributed by atoms with Gasteiger partial charge in [-0.3, -0.25) is 10.3 Å². The van der Waals surface area contributed by atoms with Gasteiger partial charge in [0.25, 0.3) is 0 Å². The van der Waals surface area contributed by atoms with Gasteiger partial charge in [0.05, 0.1) is 6.10 Å². The molecular formula is C15H23N3O. The molecule has 4 heteroatoms. The number of rotatable bonds is 3. The number of amidine groups is 1. The summed E-state index contributed by atoms with van der Waals surface area (Å²) in [5, 5.41) is 7.46. The second-order valence-electron chi connectivity index (χ2n) is 5.33. The van der Waals surface area contributed by atoms with Crippen molar-refractivity contribution in [3.8, 4) is 0 Å². The van der Waals surface area contributed by atoms with E-state index in [1.165, 1.54) is 11.1 Å². The molecule has 104 valence electrons. The van der Waals surface area contributed by atoms with Crippen molar-refractivity contribution in [3.63, 3.8) is 0 Å². The first-order chi connectivity index (χ1) is 9.06. The van der Waals surface area contributed by atoms with Crippen molar-refractivity contribution in [3.05, 3.63) is 34.9 Å². The van der Waals surface area contributed by atoms with E-state index in [2.05, 4.69) is 24.8 Å². The van der Waals surface area contributed by atoms with Gasteiger partial charge in [0.15, 0.2) is 0 Å². The van der Waals surface area contributed by atoms with Crippen LogP contribution in [0.1, 0.15) is 30.0 Å². The Morgan fingerprint density at radius 1 is 1.53 bits per heavy atom. The molecule has 1 aliphatic rings. The molecule has 0 bridgehead atoms. The summed E-state index contributed by atoms with van der Waals surface area (Å²) in [7, 11) is 0. The van der Waals surface area contributed by atoms with E-state index in [0.717, 1.165) is 38.2 Å². The fourth-order valence-corrected chi connectivity index (χ4v) is 2.51. The number of ether oxygens (including phenoxy) is 1. The quantitative estimate of drug-likeness (QED) is 0.645. The highest BCUT2D eigenvalue weighted by Crippen LogP contribution is 2.15. The molecule has 1 aromatic rings. The molecule has 0 aliphatic carbocycles. The third-order valence-electron chi connectivity index (χ3n) is 3.58. The van der Waals surface area contributed by atoms with Crippen LogP contribution in [-0.4, -0.2) is 36.5 Å². The number of nitrogens with one attached hydrogen (secondary N) is 1. The van der Waals surface area contributed by atoms with Crippen LogP contribution in [0.4, 0.5) is 0 Å². The minimum atomic E-state index is 0.131. The Balaban J connectivity index is 2.07. The Bertz CT molecular complexity index is 459. The predicted octanol–water partition coefficient (Wildman–Crippen LogP) is 1.89.